The van der Waals surface area contributed by atoms with Gasteiger partial charge in [0, 0.05) is 26.5 Å². The first-order chi connectivity index (χ1) is 13.6. The zero-order chi connectivity index (χ0) is 19.5. The van der Waals surface area contributed by atoms with Gasteiger partial charge in [-0.05, 0) is 35.9 Å². The van der Waals surface area contributed by atoms with Crippen molar-refractivity contribution >= 4 is 39.0 Å². The second kappa shape index (κ2) is 7.70. The number of hydrogen-bond donors (Lipinski definition) is 3. The fraction of sp³-hybridized carbons (Fsp3) is 0. The Hall–Kier alpha value is -3.38. The summed E-state index contributed by atoms with van der Waals surface area (Å²) in [5, 5.41) is 14.7. The average Bonchev–Trinajstić information content (AvgIpc) is 3.08. The van der Waals surface area contributed by atoms with E-state index >= 15 is 0 Å². The fourth-order valence-corrected chi connectivity index (χ4v) is 3.41. The van der Waals surface area contributed by atoms with E-state index in [9.17, 15) is 9.90 Å². The molecule has 0 bridgehead atoms. The van der Waals surface area contributed by atoms with Crippen LogP contribution in [0.3, 0.4) is 0 Å². The van der Waals surface area contributed by atoms with Crippen LogP contribution in [0.4, 0.5) is 0 Å². The van der Waals surface area contributed by atoms with Gasteiger partial charge in [-0.15, -0.1) is 0 Å². The third-order valence-corrected chi connectivity index (χ3v) is 4.85. The Balaban J connectivity index is 1.72. The number of aromatic nitrogens is 1. The Morgan fingerprint density at radius 2 is 1.79 bits per heavy atom. The minimum absolute atomic E-state index is 0.0981. The van der Waals surface area contributed by atoms with Crippen LogP contribution in [0.5, 0.6) is 5.75 Å². The molecule has 1 aromatic heterocycles. The molecule has 5 nitrogen and oxygen atoms in total. The molecule has 138 valence electrons. The lowest BCUT2D eigenvalue weighted by atomic mass is 10.0. The Kier molecular flexibility index (Phi) is 4.95. The number of para-hydroxylation sites is 1. The van der Waals surface area contributed by atoms with Crippen LogP contribution in [0.25, 0.3) is 22.0 Å². The molecule has 0 saturated carbocycles. The predicted molar refractivity (Wildman–Crippen MR) is 115 cm³/mol. The van der Waals surface area contributed by atoms with E-state index in [1.54, 1.807) is 24.3 Å². The van der Waals surface area contributed by atoms with Gasteiger partial charge in [-0.2, -0.15) is 5.10 Å². The van der Waals surface area contributed by atoms with Crippen molar-refractivity contribution in [2.75, 3.05) is 0 Å². The second-order valence-electron chi connectivity index (χ2n) is 6.19. The number of carbonyl (C=O) groups excluding carboxylic acids is 1. The zero-order valence-electron chi connectivity index (χ0n) is 14.7. The number of nitrogens with zero attached hydrogens (tertiary/aromatic N) is 1. The summed E-state index contributed by atoms with van der Waals surface area (Å²) in [5.74, 6) is -0.265. The maximum Gasteiger partial charge on any atom is 0.288 e. The molecule has 1 amide bonds. The Bertz CT molecular complexity index is 1180. The average molecular weight is 434 g/mol. The maximum absolute atomic E-state index is 12.8. The lowest BCUT2D eigenvalue weighted by molar-refractivity contribution is 0.0951. The molecule has 0 spiro atoms. The van der Waals surface area contributed by atoms with Gasteiger partial charge in [0.05, 0.1) is 6.21 Å². The molecule has 1 heterocycles. The summed E-state index contributed by atoms with van der Waals surface area (Å²) in [6, 6.07) is 22.3. The van der Waals surface area contributed by atoms with E-state index in [1.807, 2.05) is 48.5 Å². The first-order valence-corrected chi connectivity index (χ1v) is 9.41. The van der Waals surface area contributed by atoms with Crippen LogP contribution in [0.15, 0.2) is 82.4 Å². The zero-order valence-corrected chi connectivity index (χ0v) is 16.3. The van der Waals surface area contributed by atoms with Crippen LogP contribution < -0.4 is 5.43 Å². The molecule has 28 heavy (non-hydrogen) atoms. The van der Waals surface area contributed by atoms with Gasteiger partial charge in [0.25, 0.3) is 5.91 Å². The number of fused-ring (bicyclic) bond motifs is 1. The molecule has 4 rings (SSSR count). The molecule has 6 heteroatoms. The Morgan fingerprint density at radius 3 is 2.57 bits per heavy atom. The number of nitrogens with one attached hydrogen (secondary N) is 2. The molecule has 0 atom stereocenters. The van der Waals surface area contributed by atoms with Crippen molar-refractivity contribution in [2.45, 2.75) is 0 Å². The minimum Gasteiger partial charge on any atom is -0.507 e. The molecule has 0 unspecified atom stereocenters. The van der Waals surface area contributed by atoms with Crippen LogP contribution in [0.1, 0.15) is 16.1 Å². The van der Waals surface area contributed by atoms with Gasteiger partial charge in [0.2, 0.25) is 0 Å². The smallest absolute Gasteiger partial charge is 0.288 e. The third-order valence-electron chi connectivity index (χ3n) is 4.36. The van der Waals surface area contributed by atoms with Crippen LogP contribution in [0.2, 0.25) is 0 Å². The molecule has 3 aromatic carbocycles. The van der Waals surface area contributed by atoms with Gasteiger partial charge in [0.1, 0.15) is 11.4 Å². The monoisotopic (exact) mass is 433 g/mol. The molecule has 0 aliphatic heterocycles. The number of phenolic OH excluding ortho intramolecular Hbond substituents is 1. The van der Waals surface area contributed by atoms with Crippen molar-refractivity contribution in [2.24, 2.45) is 5.10 Å². The van der Waals surface area contributed by atoms with E-state index < -0.39 is 0 Å². The highest BCUT2D eigenvalue weighted by Crippen LogP contribution is 2.34. The molecule has 0 saturated heterocycles. The molecule has 0 aliphatic rings. The maximum atomic E-state index is 12.8. The van der Waals surface area contributed by atoms with E-state index in [0.29, 0.717) is 11.3 Å². The second-order valence-corrected chi connectivity index (χ2v) is 7.10. The molecule has 3 N–H and O–H groups in total. The lowest BCUT2D eigenvalue weighted by Crippen LogP contribution is -2.18. The summed E-state index contributed by atoms with van der Waals surface area (Å²) in [4.78, 5) is 16.0. The van der Waals surface area contributed by atoms with Crippen LogP contribution in [-0.2, 0) is 0 Å². The number of phenols is 1. The molecule has 0 radical (unpaired) electrons. The van der Waals surface area contributed by atoms with Gasteiger partial charge in [-0.25, -0.2) is 5.43 Å². The number of halogens is 1. The van der Waals surface area contributed by atoms with Gasteiger partial charge in [-0.3, -0.25) is 4.79 Å². The number of hydrazone groups is 1. The number of hydrogen-bond acceptors (Lipinski definition) is 3. The SMILES string of the molecule is O=C(N/N=C\c1ccccc1O)c1[nH]c2ccc(Br)cc2c1-c1ccccc1. The largest absolute Gasteiger partial charge is 0.507 e. The highest BCUT2D eigenvalue weighted by atomic mass is 79.9. The summed E-state index contributed by atoms with van der Waals surface area (Å²) in [6.07, 6.45) is 1.41. The number of aromatic hydroxyl groups is 1. The molecule has 0 fully saturated rings. The quantitative estimate of drug-likeness (QED) is 0.310. The van der Waals surface area contributed by atoms with Crippen LogP contribution >= 0.6 is 15.9 Å². The van der Waals surface area contributed by atoms with Gasteiger partial charge in [-0.1, -0.05) is 58.4 Å². The highest BCUT2D eigenvalue weighted by Gasteiger charge is 2.19. The topological polar surface area (TPSA) is 77.5 Å². The molecular formula is C22H16BrN3O2. The van der Waals surface area contributed by atoms with Crippen LogP contribution in [0, 0.1) is 0 Å². The number of carbonyl (C=O) groups is 1. The predicted octanol–water partition coefficient (Wildman–Crippen LogP) is 5.07. The summed E-state index contributed by atoms with van der Waals surface area (Å²) in [7, 11) is 0. The highest BCUT2D eigenvalue weighted by molar-refractivity contribution is 9.10. The summed E-state index contributed by atoms with van der Waals surface area (Å²) in [6.45, 7) is 0. The number of amides is 1. The van der Waals surface area contributed by atoms with Crippen molar-refractivity contribution in [1.29, 1.82) is 0 Å². The van der Waals surface area contributed by atoms with E-state index in [4.69, 9.17) is 0 Å². The Morgan fingerprint density at radius 1 is 1.04 bits per heavy atom. The summed E-state index contributed by atoms with van der Waals surface area (Å²) >= 11 is 3.50. The van der Waals surface area contributed by atoms with Crippen molar-refractivity contribution in [1.82, 2.24) is 10.4 Å². The summed E-state index contributed by atoms with van der Waals surface area (Å²) < 4.78 is 0.931. The standard InChI is InChI=1S/C22H16BrN3O2/c23-16-10-11-18-17(12-16)20(14-6-2-1-3-7-14)21(25-18)22(28)26-24-13-15-8-4-5-9-19(15)27/h1-13,25,27H,(H,26,28)/b24-13-. The normalized spacial score (nSPS) is 11.2. The molecular weight excluding hydrogens is 418 g/mol. The number of rotatable bonds is 4. The van der Waals surface area contributed by atoms with Crippen molar-refractivity contribution < 1.29 is 9.90 Å². The van der Waals surface area contributed by atoms with Crippen LogP contribution in [-0.4, -0.2) is 22.2 Å². The summed E-state index contributed by atoms with van der Waals surface area (Å²) in [5.41, 5.74) is 6.08. The van der Waals surface area contributed by atoms with Crippen molar-refractivity contribution in [3.8, 4) is 16.9 Å². The lowest BCUT2D eigenvalue weighted by Gasteiger charge is -2.04. The Labute approximate surface area is 169 Å². The molecule has 0 aliphatic carbocycles. The minimum atomic E-state index is -0.363. The fourth-order valence-electron chi connectivity index (χ4n) is 3.05. The van der Waals surface area contributed by atoms with Gasteiger partial charge >= 0.3 is 0 Å². The molecule has 4 aromatic rings. The van der Waals surface area contributed by atoms with E-state index in [0.717, 1.165) is 26.5 Å². The van der Waals surface area contributed by atoms with Gasteiger partial charge in [0.15, 0.2) is 0 Å². The van der Waals surface area contributed by atoms with Crippen molar-refractivity contribution in [3.63, 3.8) is 0 Å². The number of benzene rings is 3. The number of H-pyrrole nitrogens is 1. The third kappa shape index (κ3) is 3.54. The van der Waals surface area contributed by atoms with E-state index in [1.165, 1.54) is 6.21 Å². The van der Waals surface area contributed by atoms with Crippen molar-refractivity contribution in [3.05, 3.63) is 88.5 Å². The first-order valence-electron chi connectivity index (χ1n) is 8.61. The number of aromatic amines is 1. The van der Waals surface area contributed by atoms with E-state index in [2.05, 4.69) is 31.4 Å². The van der Waals surface area contributed by atoms with Gasteiger partial charge < -0.3 is 10.1 Å². The van der Waals surface area contributed by atoms with E-state index in [-0.39, 0.29) is 11.7 Å². The first kappa shape index (κ1) is 18.0.